The van der Waals surface area contributed by atoms with Gasteiger partial charge in [-0.15, -0.1) is 24.8 Å². The van der Waals surface area contributed by atoms with Gasteiger partial charge in [0.1, 0.15) is 11.6 Å². The third-order valence-electron chi connectivity index (χ3n) is 5.02. The number of piperidine rings is 1. The molecule has 150 valence electrons. The molecule has 0 aliphatic carbocycles. The van der Waals surface area contributed by atoms with E-state index >= 15 is 0 Å². The lowest BCUT2D eigenvalue weighted by molar-refractivity contribution is -0.158. The fraction of sp³-hybridized carbons (Fsp3) is 0.650. The van der Waals surface area contributed by atoms with Crippen LogP contribution in [0.25, 0.3) is 0 Å². The Kier molecular flexibility index (Phi) is 12.2. The van der Waals surface area contributed by atoms with Crippen LogP contribution in [0, 0.1) is 0 Å². The number of benzene rings is 1. The van der Waals surface area contributed by atoms with Gasteiger partial charge in [-0.3, -0.25) is 0 Å². The number of carbonyl (C=O) groups excluding carboxylic acids is 1. The monoisotopic (exact) mass is 404 g/mol. The van der Waals surface area contributed by atoms with Crippen LogP contribution in [0.15, 0.2) is 30.3 Å². The Balaban J connectivity index is 0.00000312. The van der Waals surface area contributed by atoms with Gasteiger partial charge in [-0.1, -0.05) is 62.9 Å². The molecule has 0 aromatic heterocycles. The topological polar surface area (TPSA) is 55.6 Å². The van der Waals surface area contributed by atoms with Crippen molar-refractivity contribution in [1.82, 2.24) is 4.90 Å². The summed E-state index contributed by atoms with van der Waals surface area (Å²) in [6.45, 7) is 4.12. The molecule has 1 saturated heterocycles. The number of ether oxygens (including phenoxy) is 1. The standard InChI is InChI=1S/C20H32N2O2.2ClH/c1-3-4-5-9-14-20(21,17-10-7-6-8-11-17)19(23)24-18-12-15-22(2)16-13-18;;/h6-8,10-11,18H,3-5,9,12-16,21H2,1-2H3;2*1H. The van der Waals surface area contributed by atoms with Crippen LogP contribution in [0.3, 0.4) is 0 Å². The first-order valence-electron chi connectivity index (χ1n) is 9.30. The summed E-state index contributed by atoms with van der Waals surface area (Å²) in [6, 6.07) is 9.70. The average molecular weight is 405 g/mol. The van der Waals surface area contributed by atoms with Gasteiger partial charge in [0.2, 0.25) is 0 Å². The summed E-state index contributed by atoms with van der Waals surface area (Å²) in [5, 5.41) is 0. The van der Waals surface area contributed by atoms with Crippen LogP contribution in [-0.2, 0) is 15.1 Å². The number of rotatable bonds is 8. The van der Waals surface area contributed by atoms with E-state index in [-0.39, 0.29) is 36.9 Å². The summed E-state index contributed by atoms with van der Waals surface area (Å²) >= 11 is 0. The summed E-state index contributed by atoms with van der Waals surface area (Å²) in [5.41, 5.74) is 6.44. The maximum Gasteiger partial charge on any atom is 0.331 e. The molecule has 1 atom stereocenters. The van der Waals surface area contributed by atoms with E-state index in [2.05, 4.69) is 18.9 Å². The quantitative estimate of drug-likeness (QED) is 0.518. The second-order valence-corrected chi connectivity index (χ2v) is 7.06. The van der Waals surface area contributed by atoms with Crippen molar-refractivity contribution in [3.63, 3.8) is 0 Å². The second-order valence-electron chi connectivity index (χ2n) is 7.06. The number of hydrogen-bond acceptors (Lipinski definition) is 4. The zero-order valence-corrected chi connectivity index (χ0v) is 17.6. The van der Waals surface area contributed by atoms with Crippen LogP contribution >= 0.6 is 24.8 Å². The van der Waals surface area contributed by atoms with Crippen LogP contribution in [0.5, 0.6) is 0 Å². The molecule has 0 amide bonds. The maximum absolute atomic E-state index is 12.9. The molecule has 1 aliphatic rings. The van der Waals surface area contributed by atoms with Crippen LogP contribution < -0.4 is 5.73 Å². The predicted octanol–water partition coefficient (Wildman–Crippen LogP) is 4.29. The molecule has 2 N–H and O–H groups in total. The highest BCUT2D eigenvalue weighted by Crippen LogP contribution is 2.28. The Labute approximate surface area is 170 Å². The van der Waals surface area contributed by atoms with Crippen molar-refractivity contribution in [2.45, 2.75) is 63.5 Å². The van der Waals surface area contributed by atoms with Crippen molar-refractivity contribution < 1.29 is 9.53 Å². The molecule has 0 bridgehead atoms. The molecule has 1 aromatic rings. The number of likely N-dealkylation sites (tertiary alicyclic amines) is 1. The van der Waals surface area contributed by atoms with Gasteiger partial charge in [0.15, 0.2) is 0 Å². The molecule has 0 radical (unpaired) electrons. The summed E-state index contributed by atoms with van der Waals surface area (Å²) in [6.07, 6.45) is 6.81. The molecule has 1 aromatic carbocycles. The van der Waals surface area contributed by atoms with E-state index in [1.807, 2.05) is 30.3 Å². The Morgan fingerprint density at radius 2 is 1.77 bits per heavy atom. The van der Waals surface area contributed by atoms with Gasteiger partial charge in [0, 0.05) is 13.1 Å². The molecule has 26 heavy (non-hydrogen) atoms. The summed E-state index contributed by atoms with van der Waals surface area (Å²) in [5.74, 6) is -0.264. The van der Waals surface area contributed by atoms with E-state index in [0.717, 1.165) is 44.3 Å². The van der Waals surface area contributed by atoms with E-state index in [1.54, 1.807) is 0 Å². The first-order valence-corrected chi connectivity index (χ1v) is 9.30. The number of unbranched alkanes of at least 4 members (excludes halogenated alkanes) is 3. The van der Waals surface area contributed by atoms with Gasteiger partial charge in [-0.05, 0) is 31.9 Å². The average Bonchev–Trinajstić information content (AvgIpc) is 2.61. The SMILES string of the molecule is CCCCCCC(N)(C(=O)OC1CCN(C)CC1)c1ccccc1.Cl.Cl. The maximum atomic E-state index is 12.9. The molecule has 4 nitrogen and oxygen atoms in total. The molecular weight excluding hydrogens is 371 g/mol. The Hall–Kier alpha value is -0.810. The third kappa shape index (κ3) is 7.07. The number of esters is 1. The second kappa shape index (κ2) is 12.6. The summed E-state index contributed by atoms with van der Waals surface area (Å²) in [7, 11) is 2.10. The largest absolute Gasteiger partial charge is 0.461 e. The first-order chi connectivity index (χ1) is 11.6. The molecule has 0 spiro atoms. The van der Waals surface area contributed by atoms with Gasteiger partial charge >= 0.3 is 5.97 Å². The van der Waals surface area contributed by atoms with Crippen LogP contribution in [0.1, 0.15) is 57.4 Å². The first kappa shape index (κ1) is 25.2. The number of halogens is 2. The minimum atomic E-state index is -1.03. The van der Waals surface area contributed by atoms with Crippen molar-refractivity contribution in [1.29, 1.82) is 0 Å². The van der Waals surface area contributed by atoms with Gasteiger partial charge in [0.25, 0.3) is 0 Å². The molecule has 1 aliphatic heterocycles. The molecule has 1 fully saturated rings. The van der Waals surface area contributed by atoms with Gasteiger partial charge in [-0.25, -0.2) is 4.79 Å². The highest BCUT2D eigenvalue weighted by molar-refractivity contribution is 5.85. The number of nitrogens with zero attached hydrogens (tertiary/aromatic N) is 1. The molecular formula is C20H34Cl2N2O2. The van der Waals surface area contributed by atoms with Crippen molar-refractivity contribution in [2.75, 3.05) is 20.1 Å². The van der Waals surface area contributed by atoms with Crippen molar-refractivity contribution in [2.24, 2.45) is 5.73 Å². The molecule has 0 saturated carbocycles. The highest BCUT2D eigenvalue weighted by atomic mass is 35.5. The van der Waals surface area contributed by atoms with Crippen molar-refractivity contribution >= 4 is 30.8 Å². The van der Waals surface area contributed by atoms with E-state index in [9.17, 15) is 4.79 Å². The van der Waals surface area contributed by atoms with E-state index in [0.29, 0.717) is 6.42 Å². The smallest absolute Gasteiger partial charge is 0.331 e. The van der Waals surface area contributed by atoms with Gasteiger partial charge in [-0.2, -0.15) is 0 Å². The summed E-state index contributed by atoms with van der Waals surface area (Å²) in [4.78, 5) is 15.2. The zero-order valence-electron chi connectivity index (χ0n) is 16.0. The molecule has 1 heterocycles. The zero-order chi connectivity index (χ0) is 17.4. The Morgan fingerprint density at radius 1 is 1.15 bits per heavy atom. The third-order valence-corrected chi connectivity index (χ3v) is 5.02. The Bertz CT molecular complexity index is 508. The van der Waals surface area contributed by atoms with E-state index in [4.69, 9.17) is 10.5 Å². The van der Waals surface area contributed by atoms with Crippen molar-refractivity contribution in [3.05, 3.63) is 35.9 Å². The lowest BCUT2D eigenvalue weighted by Gasteiger charge is -2.33. The number of carbonyl (C=O) groups is 1. The normalized spacial score (nSPS) is 17.5. The minimum absolute atomic E-state index is 0. The molecule has 2 rings (SSSR count). The lowest BCUT2D eigenvalue weighted by Crippen LogP contribution is -2.48. The van der Waals surface area contributed by atoms with Crippen LogP contribution in [-0.4, -0.2) is 37.1 Å². The van der Waals surface area contributed by atoms with Crippen LogP contribution in [0.2, 0.25) is 0 Å². The predicted molar refractivity (Wildman–Crippen MR) is 112 cm³/mol. The van der Waals surface area contributed by atoms with E-state index < -0.39 is 5.54 Å². The van der Waals surface area contributed by atoms with E-state index in [1.165, 1.54) is 12.8 Å². The minimum Gasteiger partial charge on any atom is -0.461 e. The molecule has 1 unspecified atom stereocenters. The van der Waals surface area contributed by atoms with Gasteiger partial charge in [0.05, 0.1) is 0 Å². The van der Waals surface area contributed by atoms with Crippen molar-refractivity contribution in [3.8, 4) is 0 Å². The number of hydrogen-bond donors (Lipinski definition) is 1. The Morgan fingerprint density at radius 3 is 2.35 bits per heavy atom. The highest BCUT2D eigenvalue weighted by Gasteiger charge is 2.38. The molecule has 6 heteroatoms. The van der Waals surface area contributed by atoms with Gasteiger partial charge < -0.3 is 15.4 Å². The lowest BCUT2D eigenvalue weighted by atomic mass is 9.85. The van der Waals surface area contributed by atoms with Crippen LogP contribution in [0.4, 0.5) is 0 Å². The fourth-order valence-corrected chi connectivity index (χ4v) is 3.29. The summed E-state index contributed by atoms with van der Waals surface area (Å²) < 4.78 is 5.83. The number of nitrogens with two attached hydrogens (primary N) is 1. The fourth-order valence-electron chi connectivity index (χ4n) is 3.29.